The first-order valence-corrected chi connectivity index (χ1v) is 5.05. The Morgan fingerprint density at radius 1 is 1.53 bits per heavy atom. The second-order valence-corrected chi connectivity index (χ2v) is 3.45. The fourth-order valence-electron chi connectivity index (χ4n) is 1.21. The standard InChI is InChI=1S/C11H14N2O4/c1-7(11(16)17-2)12-6-8-4-3-5-9(13-8)10(14)15/h3-5,7,12H,6H2,1-2H3,(H,14,15). The zero-order valence-electron chi connectivity index (χ0n) is 9.64. The van der Waals surface area contributed by atoms with Crippen molar-refractivity contribution in [3.8, 4) is 0 Å². The van der Waals surface area contributed by atoms with Crippen molar-refractivity contribution >= 4 is 11.9 Å². The molecule has 0 aromatic carbocycles. The number of rotatable bonds is 5. The predicted molar refractivity (Wildman–Crippen MR) is 59.5 cm³/mol. The van der Waals surface area contributed by atoms with E-state index in [9.17, 15) is 9.59 Å². The first kappa shape index (κ1) is 13.1. The van der Waals surface area contributed by atoms with Gasteiger partial charge in [0.25, 0.3) is 0 Å². The smallest absolute Gasteiger partial charge is 0.354 e. The van der Waals surface area contributed by atoms with Crippen molar-refractivity contribution < 1.29 is 19.4 Å². The van der Waals surface area contributed by atoms with Gasteiger partial charge in [0.1, 0.15) is 11.7 Å². The molecule has 0 aliphatic rings. The second kappa shape index (κ2) is 5.95. The average molecular weight is 238 g/mol. The third-order valence-corrected chi connectivity index (χ3v) is 2.17. The zero-order chi connectivity index (χ0) is 12.8. The van der Waals surface area contributed by atoms with Crippen molar-refractivity contribution in [1.29, 1.82) is 0 Å². The van der Waals surface area contributed by atoms with Gasteiger partial charge in [0.05, 0.1) is 12.8 Å². The Balaban J connectivity index is 2.60. The fraction of sp³-hybridized carbons (Fsp3) is 0.364. The molecule has 92 valence electrons. The Kier molecular flexibility index (Phi) is 4.59. The summed E-state index contributed by atoms with van der Waals surface area (Å²) in [4.78, 5) is 25.7. The highest BCUT2D eigenvalue weighted by atomic mass is 16.5. The molecule has 0 bridgehead atoms. The molecule has 0 saturated carbocycles. The largest absolute Gasteiger partial charge is 0.477 e. The molecule has 0 amide bonds. The summed E-state index contributed by atoms with van der Waals surface area (Å²) >= 11 is 0. The number of aromatic nitrogens is 1. The molecule has 0 aliphatic heterocycles. The highest BCUT2D eigenvalue weighted by molar-refractivity contribution is 5.85. The molecule has 1 rings (SSSR count). The van der Waals surface area contributed by atoms with Crippen LogP contribution in [-0.2, 0) is 16.1 Å². The van der Waals surface area contributed by atoms with Crippen LogP contribution >= 0.6 is 0 Å². The fourth-order valence-corrected chi connectivity index (χ4v) is 1.21. The van der Waals surface area contributed by atoms with E-state index in [2.05, 4.69) is 15.0 Å². The lowest BCUT2D eigenvalue weighted by Crippen LogP contribution is -2.34. The molecule has 1 unspecified atom stereocenters. The molecule has 6 nitrogen and oxygen atoms in total. The SMILES string of the molecule is COC(=O)C(C)NCc1cccc(C(=O)O)n1. The number of nitrogens with zero attached hydrogens (tertiary/aromatic N) is 1. The lowest BCUT2D eigenvalue weighted by molar-refractivity contribution is -0.142. The first-order chi connectivity index (χ1) is 8.04. The normalized spacial score (nSPS) is 11.9. The number of pyridine rings is 1. The van der Waals surface area contributed by atoms with Crippen LogP contribution in [0, 0.1) is 0 Å². The van der Waals surface area contributed by atoms with Crippen LogP contribution in [0.5, 0.6) is 0 Å². The van der Waals surface area contributed by atoms with Gasteiger partial charge in [0.2, 0.25) is 0 Å². The lowest BCUT2D eigenvalue weighted by Gasteiger charge is -2.10. The van der Waals surface area contributed by atoms with E-state index >= 15 is 0 Å². The Labute approximate surface area is 98.6 Å². The number of methoxy groups -OCH3 is 1. The van der Waals surface area contributed by atoms with E-state index < -0.39 is 12.0 Å². The summed E-state index contributed by atoms with van der Waals surface area (Å²) in [6, 6.07) is 4.24. The van der Waals surface area contributed by atoms with Crippen LogP contribution in [0.3, 0.4) is 0 Å². The molecule has 17 heavy (non-hydrogen) atoms. The van der Waals surface area contributed by atoms with E-state index in [1.54, 1.807) is 19.1 Å². The maximum Gasteiger partial charge on any atom is 0.354 e. The molecule has 1 atom stereocenters. The van der Waals surface area contributed by atoms with Crippen molar-refractivity contribution in [2.24, 2.45) is 0 Å². The van der Waals surface area contributed by atoms with E-state index in [-0.39, 0.29) is 11.7 Å². The van der Waals surface area contributed by atoms with Crippen LogP contribution in [0.4, 0.5) is 0 Å². The van der Waals surface area contributed by atoms with Gasteiger partial charge in [0, 0.05) is 6.54 Å². The predicted octanol–water partition coefficient (Wildman–Crippen LogP) is 0.431. The number of carbonyl (C=O) groups excluding carboxylic acids is 1. The Morgan fingerprint density at radius 2 is 2.24 bits per heavy atom. The quantitative estimate of drug-likeness (QED) is 0.723. The van der Waals surface area contributed by atoms with Crippen molar-refractivity contribution in [2.75, 3.05) is 7.11 Å². The summed E-state index contributed by atoms with van der Waals surface area (Å²) in [5.41, 5.74) is 0.538. The molecule has 1 aromatic rings. The Hall–Kier alpha value is -1.95. The summed E-state index contributed by atoms with van der Waals surface area (Å²) in [6.45, 7) is 1.96. The summed E-state index contributed by atoms with van der Waals surface area (Å²) in [7, 11) is 1.31. The van der Waals surface area contributed by atoms with Crippen molar-refractivity contribution in [3.05, 3.63) is 29.6 Å². The van der Waals surface area contributed by atoms with E-state index in [1.165, 1.54) is 13.2 Å². The van der Waals surface area contributed by atoms with Gasteiger partial charge in [0.15, 0.2) is 0 Å². The van der Waals surface area contributed by atoms with Crippen LogP contribution in [0.2, 0.25) is 0 Å². The van der Waals surface area contributed by atoms with Gasteiger partial charge in [-0.15, -0.1) is 0 Å². The van der Waals surface area contributed by atoms with Gasteiger partial charge >= 0.3 is 11.9 Å². The van der Waals surface area contributed by atoms with Gasteiger partial charge in [-0.2, -0.15) is 0 Å². The number of hydrogen-bond acceptors (Lipinski definition) is 5. The number of hydrogen-bond donors (Lipinski definition) is 2. The highest BCUT2D eigenvalue weighted by Gasteiger charge is 2.12. The lowest BCUT2D eigenvalue weighted by atomic mass is 10.2. The minimum atomic E-state index is -1.08. The van der Waals surface area contributed by atoms with E-state index in [0.717, 1.165) is 0 Å². The van der Waals surface area contributed by atoms with E-state index in [4.69, 9.17) is 5.11 Å². The molecule has 0 aliphatic carbocycles. The average Bonchev–Trinajstić information content (AvgIpc) is 2.35. The van der Waals surface area contributed by atoms with Gasteiger partial charge in [-0.1, -0.05) is 6.07 Å². The van der Waals surface area contributed by atoms with Gasteiger partial charge in [-0.25, -0.2) is 9.78 Å². The molecule has 1 heterocycles. The third kappa shape index (κ3) is 3.84. The van der Waals surface area contributed by atoms with Gasteiger partial charge in [-0.3, -0.25) is 10.1 Å². The van der Waals surface area contributed by atoms with Crippen LogP contribution in [0.25, 0.3) is 0 Å². The van der Waals surface area contributed by atoms with Crippen molar-refractivity contribution in [1.82, 2.24) is 10.3 Å². The van der Waals surface area contributed by atoms with Crippen molar-refractivity contribution in [3.63, 3.8) is 0 Å². The first-order valence-electron chi connectivity index (χ1n) is 5.05. The topological polar surface area (TPSA) is 88.5 Å². The molecular formula is C11H14N2O4. The summed E-state index contributed by atoms with van der Waals surface area (Å²) in [5.74, 6) is -1.45. The van der Waals surface area contributed by atoms with Crippen LogP contribution in [0.15, 0.2) is 18.2 Å². The molecule has 6 heteroatoms. The van der Waals surface area contributed by atoms with Gasteiger partial charge in [-0.05, 0) is 19.1 Å². The molecule has 1 aromatic heterocycles. The monoisotopic (exact) mass is 238 g/mol. The summed E-state index contributed by atoms with van der Waals surface area (Å²) < 4.78 is 4.55. The maximum absolute atomic E-state index is 11.1. The number of carboxylic acids is 1. The number of nitrogens with one attached hydrogen (secondary N) is 1. The van der Waals surface area contributed by atoms with Crippen molar-refractivity contribution in [2.45, 2.75) is 19.5 Å². The number of aromatic carboxylic acids is 1. The molecule has 0 radical (unpaired) electrons. The second-order valence-electron chi connectivity index (χ2n) is 3.45. The maximum atomic E-state index is 11.1. The number of carbonyl (C=O) groups is 2. The molecule has 0 fully saturated rings. The third-order valence-electron chi connectivity index (χ3n) is 2.17. The summed E-state index contributed by atoms with van der Waals surface area (Å²) in [6.07, 6.45) is 0. The summed E-state index contributed by atoms with van der Waals surface area (Å²) in [5, 5.41) is 11.6. The number of esters is 1. The van der Waals surface area contributed by atoms with Crippen LogP contribution in [0.1, 0.15) is 23.1 Å². The molecule has 2 N–H and O–H groups in total. The number of carboxylic acid groups (broad SMARTS) is 1. The highest BCUT2D eigenvalue weighted by Crippen LogP contribution is 2.00. The molecule has 0 spiro atoms. The Bertz CT molecular complexity index is 420. The Morgan fingerprint density at radius 3 is 2.82 bits per heavy atom. The molecule has 0 saturated heterocycles. The van der Waals surface area contributed by atoms with Crippen LogP contribution < -0.4 is 5.32 Å². The molecular weight excluding hydrogens is 224 g/mol. The number of ether oxygens (including phenoxy) is 1. The van der Waals surface area contributed by atoms with Gasteiger partial charge < -0.3 is 9.84 Å². The van der Waals surface area contributed by atoms with E-state index in [1.807, 2.05) is 0 Å². The van der Waals surface area contributed by atoms with E-state index in [0.29, 0.717) is 12.2 Å². The van der Waals surface area contributed by atoms with Crippen LogP contribution in [-0.4, -0.2) is 35.2 Å². The minimum absolute atomic E-state index is 0.0185. The minimum Gasteiger partial charge on any atom is -0.477 e. The zero-order valence-corrected chi connectivity index (χ0v) is 9.64.